The number of hydrogen-bond acceptors (Lipinski definition) is 3. The highest BCUT2D eigenvalue weighted by Crippen LogP contribution is 2.18. The van der Waals surface area contributed by atoms with Crippen molar-refractivity contribution in [3.05, 3.63) is 59.7 Å². The SMILES string of the molecule is CC(=O)Nc1ccc(C(=O)N(C)c2cccc(C#N)c2)cc1. The van der Waals surface area contributed by atoms with Crippen molar-refractivity contribution < 1.29 is 9.59 Å². The van der Waals surface area contributed by atoms with E-state index in [1.165, 1.54) is 11.8 Å². The zero-order chi connectivity index (χ0) is 16.1. The molecule has 2 amide bonds. The van der Waals surface area contributed by atoms with Crippen LogP contribution in [0.25, 0.3) is 0 Å². The van der Waals surface area contributed by atoms with Crippen LogP contribution in [-0.4, -0.2) is 18.9 Å². The molecule has 0 aliphatic carbocycles. The summed E-state index contributed by atoms with van der Waals surface area (Å²) in [6.45, 7) is 1.43. The Kier molecular flexibility index (Phi) is 4.54. The van der Waals surface area contributed by atoms with Gasteiger partial charge in [-0.15, -0.1) is 0 Å². The Balaban J connectivity index is 2.19. The van der Waals surface area contributed by atoms with Crippen LogP contribution in [0.2, 0.25) is 0 Å². The molecule has 0 saturated carbocycles. The van der Waals surface area contributed by atoms with Gasteiger partial charge in [0.05, 0.1) is 11.6 Å². The average molecular weight is 293 g/mol. The number of rotatable bonds is 3. The molecule has 0 saturated heterocycles. The topological polar surface area (TPSA) is 73.2 Å². The van der Waals surface area contributed by atoms with Crippen molar-refractivity contribution in [2.45, 2.75) is 6.92 Å². The summed E-state index contributed by atoms with van der Waals surface area (Å²) in [5, 5.41) is 11.6. The van der Waals surface area contributed by atoms with E-state index in [-0.39, 0.29) is 11.8 Å². The lowest BCUT2D eigenvalue weighted by Gasteiger charge is -2.17. The van der Waals surface area contributed by atoms with Crippen LogP contribution in [0.5, 0.6) is 0 Å². The number of carbonyl (C=O) groups is 2. The second-order valence-electron chi connectivity index (χ2n) is 4.78. The van der Waals surface area contributed by atoms with Crippen molar-refractivity contribution in [1.82, 2.24) is 0 Å². The molecule has 1 N–H and O–H groups in total. The van der Waals surface area contributed by atoms with Gasteiger partial charge in [0, 0.05) is 30.9 Å². The molecule has 0 atom stereocenters. The van der Waals surface area contributed by atoms with Crippen LogP contribution >= 0.6 is 0 Å². The minimum absolute atomic E-state index is 0.162. The van der Waals surface area contributed by atoms with E-state index in [2.05, 4.69) is 5.32 Å². The van der Waals surface area contributed by atoms with Gasteiger partial charge in [-0.1, -0.05) is 6.07 Å². The molecule has 2 rings (SSSR count). The van der Waals surface area contributed by atoms with Gasteiger partial charge in [0.15, 0.2) is 0 Å². The highest BCUT2D eigenvalue weighted by molar-refractivity contribution is 6.06. The fraction of sp³-hybridized carbons (Fsp3) is 0.118. The largest absolute Gasteiger partial charge is 0.326 e. The molecule has 0 radical (unpaired) electrons. The maximum atomic E-state index is 12.4. The Morgan fingerprint density at radius 3 is 2.41 bits per heavy atom. The van der Waals surface area contributed by atoms with Gasteiger partial charge in [-0.3, -0.25) is 9.59 Å². The molecule has 0 bridgehead atoms. The van der Waals surface area contributed by atoms with E-state index in [4.69, 9.17) is 5.26 Å². The van der Waals surface area contributed by atoms with Crippen molar-refractivity contribution in [2.24, 2.45) is 0 Å². The van der Waals surface area contributed by atoms with Gasteiger partial charge < -0.3 is 10.2 Å². The van der Waals surface area contributed by atoms with Gasteiger partial charge in [0.25, 0.3) is 5.91 Å². The van der Waals surface area contributed by atoms with Crippen LogP contribution in [0, 0.1) is 11.3 Å². The number of benzene rings is 2. The predicted molar refractivity (Wildman–Crippen MR) is 84.6 cm³/mol. The highest BCUT2D eigenvalue weighted by Gasteiger charge is 2.13. The minimum Gasteiger partial charge on any atom is -0.326 e. The normalized spacial score (nSPS) is 9.68. The van der Waals surface area contributed by atoms with Crippen molar-refractivity contribution in [3.63, 3.8) is 0 Å². The third kappa shape index (κ3) is 3.49. The number of hydrogen-bond donors (Lipinski definition) is 1. The summed E-state index contributed by atoms with van der Waals surface area (Å²) in [5.74, 6) is -0.353. The summed E-state index contributed by atoms with van der Waals surface area (Å²) in [6.07, 6.45) is 0. The van der Waals surface area contributed by atoms with Gasteiger partial charge in [0.2, 0.25) is 5.91 Å². The van der Waals surface area contributed by atoms with Crippen molar-refractivity contribution in [2.75, 3.05) is 17.3 Å². The molecule has 0 heterocycles. The zero-order valence-corrected chi connectivity index (χ0v) is 12.3. The molecule has 0 unspecified atom stereocenters. The maximum absolute atomic E-state index is 12.4. The van der Waals surface area contributed by atoms with Crippen LogP contribution in [-0.2, 0) is 4.79 Å². The number of amides is 2. The molecular formula is C17H15N3O2. The third-order valence-corrected chi connectivity index (χ3v) is 3.12. The molecule has 22 heavy (non-hydrogen) atoms. The number of nitrogens with one attached hydrogen (secondary N) is 1. The van der Waals surface area contributed by atoms with Gasteiger partial charge in [-0.25, -0.2) is 0 Å². The average Bonchev–Trinajstić information content (AvgIpc) is 2.53. The molecule has 110 valence electrons. The Hall–Kier alpha value is -3.13. The molecule has 5 nitrogen and oxygen atoms in total. The van der Waals surface area contributed by atoms with E-state index >= 15 is 0 Å². The van der Waals surface area contributed by atoms with Gasteiger partial charge in [-0.05, 0) is 42.5 Å². The summed E-state index contributed by atoms with van der Waals surface area (Å²) in [4.78, 5) is 24.9. The second-order valence-corrected chi connectivity index (χ2v) is 4.78. The van der Waals surface area contributed by atoms with Gasteiger partial charge in [0.1, 0.15) is 0 Å². The van der Waals surface area contributed by atoms with Crippen LogP contribution in [0.4, 0.5) is 11.4 Å². The van der Waals surface area contributed by atoms with Gasteiger partial charge in [-0.2, -0.15) is 5.26 Å². The molecule has 2 aromatic carbocycles. The standard InChI is InChI=1S/C17H15N3O2/c1-12(21)19-15-8-6-14(7-9-15)17(22)20(2)16-5-3-4-13(10-16)11-18/h3-10H,1-2H3,(H,19,21). The highest BCUT2D eigenvalue weighted by atomic mass is 16.2. The van der Waals surface area contributed by atoms with E-state index in [9.17, 15) is 9.59 Å². The van der Waals surface area contributed by atoms with Crippen LogP contribution < -0.4 is 10.2 Å². The maximum Gasteiger partial charge on any atom is 0.258 e. The smallest absolute Gasteiger partial charge is 0.258 e. The Labute approximate surface area is 128 Å². The summed E-state index contributed by atoms with van der Waals surface area (Å²) in [7, 11) is 1.65. The number of carbonyl (C=O) groups excluding carboxylic acids is 2. The monoisotopic (exact) mass is 293 g/mol. The van der Waals surface area contributed by atoms with E-state index in [1.807, 2.05) is 6.07 Å². The lowest BCUT2D eigenvalue weighted by molar-refractivity contribution is -0.114. The van der Waals surface area contributed by atoms with E-state index in [0.717, 1.165) is 0 Å². The summed E-state index contributed by atoms with van der Waals surface area (Å²) >= 11 is 0. The first-order valence-electron chi connectivity index (χ1n) is 6.67. The second kappa shape index (κ2) is 6.55. The fourth-order valence-corrected chi connectivity index (χ4v) is 1.99. The van der Waals surface area contributed by atoms with Crippen LogP contribution in [0.3, 0.4) is 0 Å². The first kappa shape index (κ1) is 15.3. The number of nitrogens with zero attached hydrogens (tertiary/aromatic N) is 2. The fourth-order valence-electron chi connectivity index (χ4n) is 1.99. The van der Waals surface area contributed by atoms with Crippen LogP contribution in [0.1, 0.15) is 22.8 Å². The molecular weight excluding hydrogens is 278 g/mol. The summed E-state index contributed by atoms with van der Waals surface area (Å²) < 4.78 is 0. The third-order valence-electron chi connectivity index (χ3n) is 3.12. The lowest BCUT2D eigenvalue weighted by Crippen LogP contribution is -2.26. The number of nitriles is 1. The molecule has 0 fully saturated rings. The first-order valence-corrected chi connectivity index (χ1v) is 6.67. The van der Waals surface area contributed by atoms with Gasteiger partial charge >= 0.3 is 0 Å². The minimum atomic E-state index is -0.190. The Bertz CT molecular complexity index is 745. The van der Waals surface area contributed by atoms with Crippen molar-refractivity contribution >= 4 is 23.2 Å². The Morgan fingerprint density at radius 1 is 1.14 bits per heavy atom. The molecule has 0 spiro atoms. The molecule has 0 aromatic heterocycles. The molecule has 0 aliphatic rings. The predicted octanol–water partition coefficient (Wildman–Crippen LogP) is 2.79. The van der Waals surface area contributed by atoms with E-state index < -0.39 is 0 Å². The van der Waals surface area contributed by atoms with E-state index in [0.29, 0.717) is 22.5 Å². The zero-order valence-electron chi connectivity index (χ0n) is 12.3. The Morgan fingerprint density at radius 2 is 1.82 bits per heavy atom. The summed E-state index contributed by atoms with van der Waals surface area (Å²) in [6, 6.07) is 15.5. The van der Waals surface area contributed by atoms with Crippen molar-refractivity contribution in [1.29, 1.82) is 5.26 Å². The van der Waals surface area contributed by atoms with Crippen LogP contribution in [0.15, 0.2) is 48.5 Å². The first-order chi connectivity index (χ1) is 10.5. The van der Waals surface area contributed by atoms with Crippen molar-refractivity contribution in [3.8, 4) is 6.07 Å². The number of anilines is 2. The lowest BCUT2D eigenvalue weighted by atomic mass is 10.1. The molecule has 5 heteroatoms. The summed E-state index contributed by atoms with van der Waals surface area (Å²) in [5.41, 5.74) is 2.28. The molecule has 2 aromatic rings. The van der Waals surface area contributed by atoms with E-state index in [1.54, 1.807) is 55.6 Å². The quantitative estimate of drug-likeness (QED) is 0.945. The molecule has 0 aliphatic heterocycles.